The lowest BCUT2D eigenvalue weighted by atomic mass is 10.0. The van der Waals surface area contributed by atoms with Crippen LogP contribution in [0.25, 0.3) is 0 Å². The maximum Gasteiger partial charge on any atom is 0.251 e. The fourth-order valence-corrected chi connectivity index (χ4v) is 1.89. The molecule has 1 aromatic carbocycles. The van der Waals surface area contributed by atoms with Gasteiger partial charge in [0.15, 0.2) is 0 Å². The van der Waals surface area contributed by atoms with Gasteiger partial charge < -0.3 is 10.4 Å². The van der Waals surface area contributed by atoms with Gasteiger partial charge in [-0.05, 0) is 24.1 Å². The topological polar surface area (TPSA) is 49.3 Å². The number of carbonyl (C=O) groups excluding carboxylic acids is 1. The molecule has 0 fully saturated rings. The molecule has 0 spiro atoms. The van der Waals surface area contributed by atoms with Crippen LogP contribution in [-0.4, -0.2) is 23.7 Å². The fraction of sp³-hybridized carbons (Fsp3) is 0.417. The van der Waals surface area contributed by atoms with Crippen LogP contribution in [0.1, 0.15) is 24.2 Å². The third-order valence-corrected chi connectivity index (χ3v) is 2.88. The second-order valence-corrected chi connectivity index (χ2v) is 5.04. The first-order valence-corrected chi connectivity index (χ1v) is 6.07. The molecular weight excluding hydrogens is 261 g/mol. The second kappa shape index (κ2) is 6.24. The molecule has 94 valence electrons. The highest BCUT2D eigenvalue weighted by molar-refractivity contribution is 6.35. The van der Waals surface area contributed by atoms with E-state index in [1.807, 2.05) is 13.8 Å². The van der Waals surface area contributed by atoms with Gasteiger partial charge in [0.05, 0.1) is 12.6 Å². The number of amides is 1. The molecule has 1 amide bonds. The van der Waals surface area contributed by atoms with Gasteiger partial charge in [-0.2, -0.15) is 0 Å². The summed E-state index contributed by atoms with van der Waals surface area (Å²) >= 11 is 11.6. The smallest absolute Gasteiger partial charge is 0.251 e. The SMILES string of the molecule is CC(C)[C@@H](CO)NC(=O)c1cc(Cl)cc(Cl)c1. The molecule has 0 aliphatic heterocycles. The van der Waals surface area contributed by atoms with Gasteiger partial charge in [-0.3, -0.25) is 4.79 Å². The van der Waals surface area contributed by atoms with Crippen molar-refractivity contribution in [1.82, 2.24) is 5.32 Å². The lowest BCUT2D eigenvalue weighted by molar-refractivity contribution is 0.0897. The molecule has 0 aliphatic rings. The summed E-state index contributed by atoms with van der Waals surface area (Å²) in [5.41, 5.74) is 0.390. The first-order valence-electron chi connectivity index (χ1n) is 5.32. The van der Waals surface area contributed by atoms with Crippen LogP contribution in [0.2, 0.25) is 10.0 Å². The van der Waals surface area contributed by atoms with E-state index in [0.29, 0.717) is 15.6 Å². The number of aliphatic hydroxyl groups excluding tert-OH is 1. The molecule has 0 bridgehead atoms. The van der Waals surface area contributed by atoms with Crippen LogP contribution < -0.4 is 5.32 Å². The largest absolute Gasteiger partial charge is 0.394 e. The van der Waals surface area contributed by atoms with Crippen molar-refractivity contribution in [3.8, 4) is 0 Å². The molecule has 1 atom stereocenters. The molecule has 0 aliphatic carbocycles. The van der Waals surface area contributed by atoms with Crippen molar-refractivity contribution in [2.45, 2.75) is 19.9 Å². The Morgan fingerprint density at radius 1 is 1.29 bits per heavy atom. The molecule has 0 aromatic heterocycles. The van der Waals surface area contributed by atoms with Crippen molar-refractivity contribution in [2.24, 2.45) is 5.92 Å². The summed E-state index contributed by atoms with van der Waals surface area (Å²) in [5.74, 6) is -0.138. The summed E-state index contributed by atoms with van der Waals surface area (Å²) in [4.78, 5) is 11.9. The molecular formula is C12H15Cl2NO2. The third-order valence-electron chi connectivity index (χ3n) is 2.44. The summed E-state index contributed by atoms with van der Waals surface area (Å²) in [6, 6.07) is 4.36. The van der Waals surface area contributed by atoms with Crippen molar-refractivity contribution < 1.29 is 9.90 Å². The molecule has 0 unspecified atom stereocenters. The van der Waals surface area contributed by atoms with Crippen LogP contribution in [0.4, 0.5) is 0 Å². The maximum absolute atomic E-state index is 11.9. The highest BCUT2D eigenvalue weighted by Crippen LogP contribution is 2.19. The molecule has 17 heavy (non-hydrogen) atoms. The quantitative estimate of drug-likeness (QED) is 0.888. The number of hydrogen-bond acceptors (Lipinski definition) is 2. The Hall–Kier alpha value is -0.770. The van der Waals surface area contributed by atoms with E-state index in [1.165, 1.54) is 12.1 Å². The van der Waals surface area contributed by atoms with E-state index >= 15 is 0 Å². The first-order chi connectivity index (χ1) is 7.93. The Kier molecular flexibility index (Phi) is 5.25. The lowest BCUT2D eigenvalue weighted by Gasteiger charge is -2.19. The highest BCUT2D eigenvalue weighted by atomic mass is 35.5. The standard InChI is InChI=1S/C12H15Cl2NO2/c1-7(2)11(6-16)15-12(17)8-3-9(13)5-10(14)4-8/h3-5,7,11,16H,6H2,1-2H3,(H,15,17)/t11-/m1/s1. The number of rotatable bonds is 4. The van der Waals surface area contributed by atoms with E-state index in [1.54, 1.807) is 6.07 Å². The zero-order chi connectivity index (χ0) is 13.0. The average Bonchev–Trinajstić information content (AvgIpc) is 2.23. The predicted octanol–water partition coefficient (Wildman–Crippen LogP) is 2.74. The Balaban J connectivity index is 2.82. The monoisotopic (exact) mass is 275 g/mol. The average molecular weight is 276 g/mol. The number of nitrogens with one attached hydrogen (secondary N) is 1. The summed E-state index contributed by atoms with van der Waals surface area (Å²) < 4.78 is 0. The zero-order valence-corrected chi connectivity index (χ0v) is 11.2. The zero-order valence-electron chi connectivity index (χ0n) is 9.71. The van der Waals surface area contributed by atoms with Gasteiger partial charge in [-0.15, -0.1) is 0 Å². The van der Waals surface area contributed by atoms with Crippen LogP contribution in [0.5, 0.6) is 0 Å². The molecule has 0 heterocycles. The third kappa shape index (κ3) is 4.19. The fourth-order valence-electron chi connectivity index (χ4n) is 1.36. The highest BCUT2D eigenvalue weighted by Gasteiger charge is 2.16. The molecule has 0 saturated heterocycles. The minimum absolute atomic E-state index is 0.0995. The number of aliphatic hydroxyl groups is 1. The second-order valence-electron chi connectivity index (χ2n) is 4.16. The van der Waals surface area contributed by atoms with Crippen molar-refractivity contribution >= 4 is 29.1 Å². The molecule has 2 N–H and O–H groups in total. The number of benzene rings is 1. The van der Waals surface area contributed by atoms with E-state index in [2.05, 4.69) is 5.32 Å². The first kappa shape index (κ1) is 14.3. The van der Waals surface area contributed by atoms with E-state index in [9.17, 15) is 4.79 Å². The normalized spacial score (nSPS) is 12.6. The number of carbonyl (C=O) groups is 1. The van der Waals surface area contributed by atoms with Crippen molar-refractivity contribution in [2.75, 3.05) is 6.61 Å². The van der Waals surface area contributed by atoms with Crippen LogP contribution in [0.3, 0.4) is 0 Å². The minimum Gasteiger partial charge on any atom is -0.394 e. The summed E-state index contributed by atoms with van der Waals surface area (Å²) in [6.45, 7) is 3.75. The number of halogens is 2. The van der Waals surface area contributed by atoms with Crippen molar-refractivity contribution in [3.63, 3.8) is 0 Å². The van der Waals surface area contributed by atoms with E-state index in [-0.39, 0.29) is 24.5 Å². The molecule has 0 radical (unpaired) electrons. The Labute approximate surface area is 111 Å². The van der Waals surface area contributed by atoms with Crippen LogP contribution in [-0.2, 0) is 0 Å². The molecule has 5 heteroatoms. The summed E-state index contributed by atoms with van der Waals surface area (Å²) in [6.07, 6.45) is 0. The minimum atomic E-state index is -0.290. The Morgan fingerprint density at radius 3 is 2.24 bits per heavy atom. The lowest BCUT2D eigenvalue weighted by Crippen LogP contribution is -2.41. The predicted molar refractivity (Wildman–Crippen MR) is 69.6 cm³/mol. The molecule has 1 aromatic rings. The van der Waals surface area contributed by atoms with E-state index < -0.39 is 0 Å². The van der Waals surface area contributed by atoms with Gasteiger partial charge in [-0.1, -0.05) is 37.0 Å². The van der Waals surface area contributed by atoms with E-state index in [4.69, 9.17) is 28.3 Å². The molecule has 0 saturated carbocycles. The van der Waals surface area contributed by atoms with Crippen LogP contribution in [0, 0.1) is 5.92 Å². The van der Waals surface area contributed by atoms with Crippen molar-refractivity contribution in [3.05, 3.63) is 33.8 Å². The summed E-state index contributed by atoms with van der Waals surface area (Å²) in [5, 5.41) is 12.7. The van der Waals surface area contributed by atoms with Gasteiger partial charge >= 0.3 is 0 Å². The van der Waals surface area contributed by atoms with Gasteiger partial charge in [0.25, 0.3) is 5.91 Å². The maximum atomic E-state index is 11.9. The van der Waals surface area contributed by atoms with Gasteiger partial charge in [0.1, 0.15) is 0 Å². The van der Waals surface area contributed by atoms with Gasteiger partial charge in [0, 0.05) is 15.6 Å². The van der Waals surface area contributed by atoms with Crippen molar-refractivity contribution in [1.29, 1.82) is 0 Å². The Morgan fingerprint density at radius 2 is 1.82 bits per heavy atom. The van der Waals surface area contributed by atoms with Crippen LogP contribution >= 0.6 is 23.2 Å². The molecule has 3 nitrogen and oxygen atoms in total. The molecule has 1 rings (SSSR count). The van der Waals surface area contributed by atoms with Gasteiger partial charge in [-0.25, -0.2) is 0 Å². The van der Waals surface area contributed by atoms with Crippen LogP contribution in [0.15, 0.2) is 18.2 Å². The van der Waals surface area contributed by atoms with Gasteiger partial charge in [0.2, 0.25) is 0 Å². The Bertz CT molecular complexity index is 387. The van der Waals surface area contributed by atoms with E-state index in [0.717, 1.165) is 0 Å². The summed E-state index contributed by atoms with van der Waals surface area (Å²) in [7, 11) is 0. The number of hydrogen-bond donors (Lipinski definition) is 2.